The summed E-state index contributed by atoms with van der Waals surface area (Å²) < 4.78 is 25.7. The molecule has 3 heteroatoms. The van der Waals surface area contributed by atoms with Crippen LogP contribution in [0.15, 0.2) is 18.2 Å². The van der Waals surface area contributed by atoms with Crippen LogP contribution in [0, 0.1) is 11.6 Å². The zero-order chi connectivity index (χ0) is 11.6. The third-order valence-corrected chi connectivity index (χ3v) is 2.09. The molecule has 0 radical (unpaired) electrons. The molecule has 0 saturated carbocycles. The first-order chi connectivity index (χ1) is 6.79. The minimum absolute atomic E-state index is 0.0000926. The number of halogens is 2. The fourth-order valence-electron chi connectivity index (χ4n) is 1.51. The van der Waals surface area contributed by atoms with Gasteiger partial charge in [0.2, 0.25) is 0 Å². The Kier molecular flexibility index (Phi) is 3.45. The van der Waals surface area contributed by atoms with Crippen LogP contribution in [0.4, 0.5) is 8.78 Å². The Morgan fingerprint density at radius 3 is 2.20 bits per heavy atom. The number of rotatable bonds is 2. The van der Waals surface area contributed by atoms with E-state index in [1.165, 1.54) is 6.07 Å². The van der Waals surface area contributed by atoms with Crippen LogP contribution in [0.5, 0.6) is 0 Å². The summed E-state index contributed by atoms with van der Waals surface area (Å²) in [5, 5.41) is 3.29. The fraction of sp³-hybridized carbons (Fsp3) is 0.500. The summed E-state index contributed by atoms with van der Waals surface area (Å²) in [6.07, 6.45) is 0. The predicted molar refractivity (Wildman–Crippen MR) is 57.7 cm³/mol. The van der Waals surface area contributed by atoms with Crippen LogP contribution in [0.25, 0.3) is 0 Å². The topological polar surface area (TPSA) is 12.0 Å². The van der Waals surface area contributed by atoms with Crippen molar-refractivity contribution >= 4 is 0 Å². The molecule has 1 N–H and O–H groups in total. The van der Waals surface area contributed by atoms with E-state index >= 15 is 0 Å². The van der Waals surface area contributed by atoms with Crippen LogP contribution >= 0.6 is 0 Å². The van der Waals surface area contributed by atoms with Crippen LogP contribution in [0.3, 0.4) is 0 Å². The first-order valence-corrected chi connectivity index (χ1v) is 5.02. The lowest BCUT2D eigenvalue weighted by atomic mass is 10.0. The van der Waals surface area contributed by atoms with Crippen molar-refractivity contribution < 1.29 is 8.78 Å². The molecule has 15 heavy (non-hydrogen) atoms. The highest BCUT2D eigenvalue weighted by molar-refractivity contribution is 5.21. The predicted octanol–water partition coefficient (Wildman–Crippen LogP) is 3.41. The summed E-state index contributed by atoms with van der Waals surface area (Å²) in [7, 11) is 0. The molecule has 0 aromatic heterocycles. The number of nitrogens with one attached hydrogen (secondary N) is 1. The van der Waals surface area contributed by atoms with Crippen molar-refractivity contribution in [3.05, 3.63) is 35.4 Å². The van der Waals surface area contributed by atoms with E-state index in [1.54, 1.807) is 6.07 Å². The van der Waals surface area contributed by atoms with E-state index < -0.39 is 11.6 Å². The van der Waals surface area contributed by atoms with Crippen molar-refractivity contribution in [2.75, 3.05) is 0 Å². The Bertz CT molecular complexity index is 342. The lowest BCUT2D eigenvalue weighted by Crippen LogP contribution is -2.37. The maximum atomic E-state index is 13.0. The molecule has 1 rings (SSSR count). The molecule has 0 fully saturated rings. The van der Waals surface area contributed by atoms with Gasteiger partial charge in [0.25, 0.3) is 0 Å². The molecule has 0 bridgehead atoms. The summed E-state index contributed by atoms with van der Waals surface area (Å²) in [6.45, 7) is 8.02. The van der Waals surface area contributed by atoms with Crippen molar-refractivity contribution in [2.45, 2.75) is 39.3 Å². The van der Waals surface area contributed by atoms with E-state index in [1.807, 2.05) is 27.7 Å². The molecule has 0 amide bonds. The number of benzene rings is 1. The van der Waals surface area contributed by atoms with Gasteiger partial charge in [0.15, 0.2) is 11.6 Å². The summed E-state index contributed by atoms with van der Waals surface area (Å²) in [5.74, 6) is -1.60. The minimum Gasteiger partial charge on any atom is -0.306 e. The number of hydrogen-bond acceptors (Lipinski definition) is 1. The summed E-state index contributed by atoms with van der Waals surface area (Å²) in [4.78, 5) is 0. The maximum absolute atomic E-state index is 13.0. The van der Waals surface area contributed by atoms with Gasteiger partial charge in [-0.25, -0.2) is 8.78 Å². The minimum atomic E-state index is -0.804. The van der Waals surface area contributed by atoms with Gasteiger partial charge in [-0.15, -0.1) is 0 Å². The third-order valence-electron chi connectivity index (χ3n) is 2.09. The number of hydrogen-bond donors (Lipinski definition) is 1. The Hall–Kier alpha value is -0.960. The van der Waals surface area contributed by atoms with E-state index in [2.05, 4.69) is 5.32 Å². The second kappa shape index (κ2) is 4.27. The molecule has 0 saturated heterocycles. The van der Waals surface area contributed by atoms with Gasteiger partial charge in [0, 0.05) is 11.6 Å². The Morgan fingerprint density at radius 1 is 1.13 bits per heavy atom. The van der Waals surface area contributed by atoms with Crippen molar-refractivity contribution in [3.8, 4) is 0 Å². The molecule has 0 heterocycles. The van der Waals surface area contributed by atoms with Crippen molar-refractivity contribution in [1.82, 2.24) is 5.32 Å². The van der Waals surface area contributed by atoms with E-state index in [9.17, 15) is 8.78 Å². The standard InChI is InChI=1S/C12H17F2N/c1-8(15-12(2,3)4)9-5-6-10(13)11(14)7-9/h5-8,15H,1-4H3. The van der Waals surface area contributed by atoms with Gasteiger partial charge in [0.1, 0.15) is 0 Å². The molecule has 0 aliphatic rings. The average molecular weight is 213 g/mol. The highest BCUT2D eigenvalue weighted by Gasteiger charge is 2.15. The zero-order valence-corrected chi connectivity index (χ0v) is 9.57. The normalized spacial score (nSPS) is 14.0. The van der Waals surface area contributed by atoms with E-state index in [4.69, 9.17) is 0 Å². The van der Waals surface area contributed by atoms with Crippen molar-refractivity contribution in [2.24, 2.45) is 0 Å². The van der Waals surface area contributed by atoms with Crippen LogP contribution in [0.1, 0.15) is 39.3 Å². The maximum Gasteiger partial charge on any atom is 0.159 e. The molecule has 84 valence electrons. The van der Waals surface area contributed by atoms with Gasteiger partial charge in [-0.05, 0) is 45.4 Å². The molecular formula is C12H17F2N. The van der Waals surface area contributed by atoms with Crippen molar-refractivity contribution in [3.63, 3.8) is 0 Å². The lowest BCUT2D eigenvalue weighted by molar-refractivity contribution is 0.376. The molecule has 1 unspecified atom stereocenters. The molecular weight excluding hydrogens is 196 g/mol. The van der Waals surface area contributed by atoms with Crippen molar-refractivity contribution in [1.29, 1.82) is 0 Å². The lowest BCUT2D eigenvalue weighted by Gasteiger charge is -2.26. The Balaban J connectivity index is 2.83. The summed E-state index contributed by atoms with van der Waals surface area (Å²) in [5.41, 5.74) is 0.702. The average Bonchev–Trinajstić information content (AvgIpc) is 2.06. The Labute approximate surface area is 89.5 Å². The molecule has 0 aliphatic carbocycles. The zero-order valence-electron chi connectivity index (χ0n) is 9.57. The second-order valence-corrected chi connectivity index (χ2v) is 4.79. The van der Waals surface area contributed by atoms with Gasteiger partial charge < -0.3 is 5.32 Å². The first-order valence-electron chi connectivity index (χ1n) is 5.02. The first kappa shape index (κ1) is 12.1. The largest absolute Gasteiger partial charge is 0.306 e. The molecule has 0 aliphatic heterocycles. The highest BCUT2D eigenvalue weighted by Crippen LogP contribution is 2.18. The smallest absolute Gasteiger partial charge is 0.159 e. The fourth-order valence-corrected chi connectivity index (χ4v) is 1.51. The van der Waals surface area contributed by atoms with Crippen LogP contribution in [-0.2, 0) is 0 Å². The third kappa shape index (κ3) is 3.59. The molecule has 1 aromatic carbocycles. The second-order valence-electron chi connectivity index (χ2n) is 4.79. The molecule has 1 nitrogen and oxygen atoms in total. The SMILES string of the molecule is CC(NC(C)(C)C)c1ccc(F)c(F)c1. The van der Waals surface area contributed by atoms with Crippen LogP contribution in [-0.4, -0.2) is 5.54 Å². The molecule has 1 atom stereocenters. The Morgan fingerprint density at radius 2 is 1.73 bits per heavy atom. The van der Waals surface area contributed by atoms with Gasteiger partial charge in [-0.1, -0.05) is 6.07 Å². The molecule has 1 aromatic rings. The van der Waals surface area contributed by atoms with Gasteiger partial charge >= 0.3 is 0 Å². The van der Waals surface area contributed by atoms with Gasteiger partial charge in [-0.2, -0.15) is 0 Å². The van der Waals surface area contributed by atoms with E-state index in [-0.39, 0.29) is 11.6 Å². The molecule has 0 spiro atoms. The monoisotopic (exact) mass is 213 g/mol. The van der Waals surface area contributed by atoms with Gasteiger partial charge in [-0.3, -0.25) is 0 Å². The quantitative estimate of drug-likeness (QED) is 0.793. The van der Waals surface area contributed by atoms with E-state index in [0.29, 0.717) is 0 Å². The van der Waals surface area contributed by atoms with E-state index in [0.717, 1.165) is 11.6 Å². The van der Waals surface area contributed by atoms with Gasteiger partial charge in [0.05, 0.1) is 0 Å². The van der Waals surface area contributed by atoms with Crippen LogP contribution in [0.2, 0.25) is 0 Å². The van der Waals surface area contributed by atoms with Crippen LogP contribution < -0.4 is 5.32 Å². The summed E-state index contributed by atoms with van der Waals surface area (Å²) in [6, 6.07) is 3.99. The summed E-state index contributed by atoms with van der Waals surface area (Å²) >= 11 is 0. The highest BCUT2D eigenvalue weighted by atomic mass is 19.2.